The fraction of sp³-hybridized carbons (Fsp3) is 0.0952. The molecular formula is C21H17N3O2. The number of carbonyl (C=O) groups excluding carboxylic acids is 1. The molecule has 1 N–H and O–H groups in total. The predicted molar refractivity (Wildman–Crippen MR) is 99.7 cm³/mol. The standard InChI is InChI=1S/C21H17N3O2/c25-21(23-12-10-15-6-5-13-26-15)17-14-20(19-9-3-4-11-22-19)24-18-8-2-1-7-16(17)18/h1-9,11,13-14H,10,12H2,(H,23,25). The first-order valence-electron chi connectivity index (χ1n) is 8.43. The number of para-hydroxylation sites is 1. The van der Waals surface area contributed by atoms with Crippen molar-refractivity contribution in [2.75, 3.05) is 6.54 Å². The molecule has 0 fully saturated rings. The second kappa shape index (κ2) is 7.19. The molecule has 0 spiro atoms. The van der Waals surface area contributed by atoms with Crippen LogP contribution in [0.2, 0.25) is 0 Å². The average Bonchev–Trinajstić information content (AvgIpc) is 3.21. The molecule has 0 atom stereocenters. The quantitative estimate of drug-likeness (QED) is 0.597. The van der Waals surface area contributed by atoms with Gasteiger partial charge in [-0.1, -0.05) is 24.3 Å². The minimum atomic E-state index is -0.132. The van der Waals surface area contributed by atoms with Crippen LogP contribution in [0.15, 0.2) is 77.5 Å². The van der Waals surface area contributed by atoms with E-state index in [0.29, 0.717) is 24.2 Å². The summed E-state index contributed by atoms with van der Waals surface area (Å²) >= 11 is 0. The zero-order valence-electron chi connectivity index (χ0n) is 14.1. The average molecular weight is 343 g/mol. The van der Waals surface area contributed by atoms with Gasteiger partial charge in [-0.25, -0.2) is 4.98 Å². The van der Waals surface area contributed by atoms with E-state index in [1.165, 1.54) is 0 Å². The summed E-state index contributed by atoms with van der Waals surface area (Å²) in [6, 6.07) is 18.8. The van der Waals surface area contributed by atoms with Gasteiger partial charge in [-0.15, -0.1) is 0 Å². The Morgan fingerprint density at radius 3 is 2.69 bits per heavy atom. The minimum Gasteiger partial charge on any atom is -0.469 e. The number of furan rings is 1. The van der Waals surface area contributed by atoms with Gasteiger partial charge in [0.2, 0.25) is 0 Å². The number of nitrogens with one attached hydrogen (secondary N) is 1. The summed E-state index contributed by atoms with van der Waals surface area (Å²) in [5.41, 5.74) is 2.78. The largest absolute Gasteiger partial charge is 0.469 e. The van der Waals surface area contributed by atoms with E-state index in [9.17, 15) is 4.79 Å². The van der Waals surface area contributed by atoms with Crippen LogP contribution in [0, 0.1) is 0 Å². The maximum Gasteiger partial charge on any atom is 0.252 e. The molecule has 5 heteroatoms. The summed E-state index contributed by atoms with van der Waals surface area (Å²) in [7, 11) is 0. The molecule has 0 aliphatic heterocycles. The lowest BCUT2D eigenvalue weighted by Crippen LogP contribution is -2.26. The highest BCUT2D eigenvalue weighted by Crippen LogP contribution is 2.23. The molecule has 0 saturated heterocycles. The zero-order chi connectivity index (χ0) is 17.8. The SMILES string of the molecule is O=C(NCCc1ccco1)c1cc(-c2ccccn2)nc2ccccc12. The van der Waals surface area contributed by atoms with Gasteiger partial charge in [-0.2, -0.15) is 0 Å². The Hall–Kier alpha value is -3.47. The molecule has 128 valence electrons. The van der Waals surface area contributed by atoms with Gasteiger partial charge in [0.1, 0.15) is 5.76 Å². The fourth-order valence-electron chi connectivity index (χ4n) is 2.86. The van der Waals surface area contributed by atoms with Gasteiger partial charge in [-0.05, 0) is 36.4 Å². The Balaban J connectivity index is 1.65. The van der Waals surface area contributed by atoms with Crippen molar-refractivity contribution in [2.45, 2.75) is 6.42 Å². The number of fused-ring (bicyclic) bond motifs is 1. The van der Waals surface area contributed by atoms with Crippen molar-refractivity contribution in [3.63, 3.8) is 0 Å². The van der Waals surface area contributed by atoms with E-state index in [4.69, 9.17) is 4.42 Å². The third-order valence-electron chi connectivity index (χ3n) is 4.13. The van der Waals surface area contributed by atoms with Crippen LogP contribution in [-0.2, 0) is 6.42 Å². The molecule has 0 unspecified atom stereocenters. The third kappa shape index (κ3) is 3.32. The second-order valence-corrected chi connectivity index (χ2v) is 5.87. The van der Waals surface area contributed by atoms with Crippen LogP contribution in [0.3, 0.4) is 0 Å². The lowest BCUT2D eigenvalue weighted by atomic mass is 10.1. The van der Waals surface area contributed by atoms with Gasteiger partial charge in [0.15, 0.2) is 0 Å². The van der Waals surface area contributed by atoms with E-state index >= 15 is 0 Å². The molecule has 4 aromatic rings. The molecule has 1 aromatic carbocycles. The Labute approximate surface area is 150 Å². The molecule has 0 bridgehead atoms. The Bertz CT molecular complexity index is 1030. The van der Waals surface area contributed by atoms with E-state index in [1.807, 2.05) is 54.6 Å². The van der Waals surface area contributed by atoms with E-state index in [-0.39, 0.29) is 5.91 Å². The Kier molecular flexibility index (Phi) is 4.43. The van der Waals surface area contributed by atoms with E-state index in [0.717, 1.165) is 22.4 Å². The smallest absolute Gasteiger partial charge is 0.252 e. The van der Waals surface area contributed by atoms with Crippen LogP contribution < -0.4 is 5.32 Å². The number of nitrogens with zero attached hydrogens (tertiary/aromatic N) is 2. The molecular weight excluding hydrogens is 326 g/mol. The number of amides is 1. The topological polar surface area (TPSA) is 68.0 Å². The Morgan fingerprint density at radius 2 is 1.88 bits per heavy atom. The molecule has 0 saturated carbocycles. The predicted octanol–water partition coefficient (Wildman–Crippen LogP) is 3.86. The lowest BCUT2D eigenvalue weighted by Gasteiger charge is -2.10. The van der Waals surface area contributed by atoms with Gasteiger partial charge in [0, 0.05) is 24.5 Å². The molecule has 3 heterocycles. The van der Waals surface area contributed by atoms with Crippen molar-refractivity contribution in [1.29, 1.82) is 0 Å². The molecule has 1 amide bonds. The normalized spacial score (nSPS) is 10.8. The molecule has 0 aliphatic rings. The first kappa shape index (κ1) is 16.0. The van der Waals surface area contributed by atoms with E-state index < -0.39 is 0 Å². The van der Waals surface area contributed by atoms with Gasteiger partial charge < -0.3 is 9.73 Å². The minimum absolute atomic E-state index is 0.132. The van der Waals surface area contributed by atoms with Crippen LogP contribution in [0.4, 0.5) is 0 Å². The molecule has 0 aliphatic carbocycles. The number of pyridine rings is 2. The maximum absolute atomic E-state index is 12.8. The maximum atomic E-state index is 12.8. The fourth-order valence-corrected chi connectivity index (χ4v) is 2.86. The molecule has 4 rings (SSSR count). The van der Waals surface area contributed by atoms with Gasteiger partial charge >= 0.3 is 0 Å². The van der Waals surface area contributed by atoms with Crippen molar-refractivity contribution < 1.29 is 9.21 Å². The molecule has 5 nitrogen and oxygen atoms in total. The van der Waals surface area contributed by atoms with Crippen LogP contribution in [-0.4, -0.2) is 22.4 Å². The van der Waals surface area contributed by atoms with Crippen molar-refractivity contribution in [3.8, 4) is 11.4 Å². The highest BCUT2D eigenvalue weighted by atomic mass is 16.3. The number of aromatic nitrogens is 2. The highest BCUT2D eigenvalue weighted by Gasteiger charge is 2.14. The first-order valence-corrected chi connectivity index (χ1v) is 8.43. The summed E-state index contributed by atoms with van der Waals surface area (Å²) in [5, 5.41) is 3.78. The van der Waals surface area contributed by atoms with Crippen molar-refractivity contribution in [3.05, 3.63) is 84.4 Å². The second-order valence-electron chi connectivity index (χ2n) is 5.87. The van der Waals surface area contributed by atoms with Crippen LogP contribution in [0.5, 0.6) is 0 Å². The lowest BCUT2D eigenvalue weighted by molar-refractivity contribution is 0.0955. The number of hydrogen-bond donors (Lipinski definition) is 1. The summed E-state index contributed by atoms with van der Waals surface area (Å²) in [6.45, 7) is 0.502. The Morgan fingerprint density at radius 1 is 1.00 bits per heavy atom. The monoisotopic (exact) mass is 343 g/mol. The van der Waals surface area contributed by atoms with Gasteiger partial charge in [-0.3, -0.25) is 9.78 Å². The third-order valence-corrected chi connectivity index (χ3v) is 4.13. The van der Waals surface area contributed by atoms with Crippen LogP contribution in [0.25, 0.3) is 22.3 Å². The van der Waals surface area contributed by atoms with Gasteiger partial charge in [0.25, 0.3) is 5.91 Å². The van der Waals surface area contributed by atoms with Gasteiger partial charge in [0.05, 0.1) is 28.7 Å². The zero-order valence-corrected chi connectivity index (χ0v) is 14.1. The van der Waals surface area contributed by atoms with Crippen LogP contribution in [0.1, 0.15) is 16.1 Å². The number of benzene rings is 1. The summed E-state index contributed by atoms with van der Waals surface area (Å²) in [5.74, 6) is 0.714. The van der Waals surface area contributed by atoms with Crippen molar-refractivity contribution in [1.82, 2.24) is 15.3 Å². The molecule has 3 aromatic heterocycles. The van der Waals surface area contributed by atoms with Crippen LogP contribution >= 0.6 is 0 Å². The molecule has 0 radical (unpaired) electrons. The van der Waals surface area contributed by atoms with E-state index in [1.54, 1.807) is 18.5 Å². The summed E-state index contributed by atoms with van der Waals surface area (Å²) in [6.07, 6.45) is 4.00. The van der Waals surface area contributed by atoms with Crippen molar-refractivity contribution >= 4 is 16.8 Å². The highest BCUT2D eigenvalue weighted by molar-refractivity contribution is 6.07. The number of hydrogen-bond acceptors (Lipinski definition) is 4. The van der Waals surface area contributed by atoms with Crippen molar-refractivity contribution in [2.24, 2.45) is 0 Å². The van der Waals surface area contributed by atoms with E-state index in [2.05, 4.69) is 15.3 Å². The summed E-state index contributed by atoms with van der Waals surface area (Å²) in [4.78, 5) is 21.8. The number of rotatable bonds is 5. The molecule has 26 heavy (non-hydrogen) atoms. The number of carbonyl (C=O) groups is 1. The summed E-state index contributed by atoms with van der Waals surface area (Å²) < 4.78 is 5.30. The first-order chi connectivity index (χ1) is 12.8.